The maximum absolute atomic E-state index is 10.7. The molecule has 0 unspecified atom stereocenters. The summed E-state index contributed by atoms with van der Waals surface area (Å²) >= 11 is 11.4. The first-order valence-electron chi connectivity index (χ1n) is 4.22. The van der Waals surface area contributed by atoms with Gasteiger partial charge in [-0.1, -0.05) is 29.8 Å². The highest BCUT2D eigenvalue weighted by Crippen LogP contribution is 2.24. The van der Waals surface area contributed by atoms with Crippen LogP contribution in [0.25, 0.3) is 0 Å². The molecule has 0 saturated carbocycles. The van der Waals surface area contributed by atoms with E-state index in [2.05, 4.69) is 27.3 Å². The summed E-state index contributed by atoms with van der Waals surface area (Å²) in [5.74, 6) is -0.495. The minimum atomic E-state index is -0.495. The molecule has 0 saturated heterocycles. The summed E-state index contributed by atoms with van der Waals surface area (Å²) in [5, 5.41) is 13.4. The lowest BCUT2D eigenvalue weighted by Gasteiger charge is -2.07. The van der Waals surface area contributed by atoms with Gasteiger partial charge in [-0.2, -0.15) is 0 Å². The zero-order chi connectivity index (χ0) is 12.0. The first-order chi connectivity index (χ1) is 7.65. The summed E-state index contributed by atoms with van der Waals surface area (Å²) in [4.78, 5) is 10.7. The largest absolute Gasteiger partial charge is 0.461 e. The Morgan fingerprint density at radius 2 is 2.06 bits per heavy atom. The van der Waals surface area contributed by atoms with Crippen molar-refractivity contribution in [2.75, 3.05) is 18.5 Å². The molecule has 0 radical (unpaired) electrons. The lowest BCUT2D eigenvalue weighted by Crippen LogP contribution is -2.13. The third-order valence-electron chi connectivity index (χ3n) is 1.49. The van der Waals surface area contributed by atoms with Crippen molar-refractivity contribution in [3.63, 3.8) is 0 Å². The Labute approximate surface area is 102 Å². The number of anilines is 1. The fourth-order valence-corrected chi connectivity index (χ4v) is 1.25. The van der Waals surface area contributed by atoms with Gasteiger partial charge in [0.2, 0.25) is 0 Å². The second kappa shape index (κ2) is 6.24. The number of hydrogen-bond acceptors (Lipinski definition) is 6. The summed E-state index contributed by atoms with van der Waals surface area (Å²) in [6.07, 6.45) is 1.08. The number of hydrogen-bond donors (Lipinski definition) is 1. The van der Waals surface area contributed by atoms with E-state index in [4.69, 9.17) is 27.9 Å². The molecule has 0 bridgehead atoms. The number of nitrogens with zero attached hydrogens (tertiary/aromatic N) is 3. The highest BCUT2D eigenvalue weighted by Gasteiger charge is 2.08. The molecule has 1 N–H and O–H groups in total. The minimum Gasteiger partial charge on any atom is -0.461 e. The van der Waals surface area contributed by atoms with Crippen LogP contribution >= 0.6 is 23.2 Å². The number of carbonyl (C=O) groups excluding carboxylic acids is 1. The summed E-state index contributed by atoms with van der Waals surface area (Å²) in [7, 11) is 0. The molecule has 1 heterocycles. The third kappa shape index (κ3) is 3.63. The molecule has 0 aliphatic carbocycles. The molecule has 6 nitrogen and oxygen atoms in total. The number of carbonyl (C=O) groups is 1. The highest BCUT2D eigenvalue weighted by atomic mass is 35.5. The van der Waals surface area contributed by atoms with Crippen LogP contribution in [0.3, 0.4) is 0 Å². The van der Waals surface area contributed by atoms with E-state index in [1.54, 1.807) is 0 Å². The van der Waals surface area contributed by atoms with Crippen molar-refractivity contribution in [1.29, 1.82) is 0 Å². The Morgan fingerprint density at radius 1 is 1.44 bits per heavy atom. The van der Waals surface area contributed by atoms with Gasteiger partial charge in [-0.3, -0.25) is 0 Å². The molecule has 16 heavy (non-hydrogen) atoms. The Hall–Kier alpha value is -1.40. The second-order valence-electron chi connectivity index (χ2n) is 2.54. The fraction of sp³-hybridized carbons (Fsp3) is 0.250. The molecule has 0 aliphatic heterocycles. The number of esters is 1. The van der Waals surface area contributed by atoms with Crippen LogP contribution in [-0.4, -0.2) is 34.5 Å². The Bertz CT molecular complexity index is 379. The molecule has 0 aliphatic rings. The predicted molar refractivity (Wildman–Crippen MR) is 59.5 cm³/mol. The van der Waals surface area contributed by atoms with Gasteiger partial charge in [-0.15, -0.1) is 10.2 Å². The van der Waals surface area contributed by atoms with E-state index >= 15 is 0 Å². The van der Waals surface area contributed by atoms with Gasteiger partial charge in [0.25, 0.3) is 0 Å². The van der Waals surface area contributed by atoms with Crippen molar-refractivity contribution < 1.29 is 9.53 Å². The lowest BCUT2D eigenvalue weighted by atomic mass is 10.5. The Morgan fingerprint density at radius 3 is 2.62 bits per heavy atom. The first-order valence-corrected chi connectivity index (χ1v) is 4.98. The van der Waals surface area contributed by atoms with Gasteiger partial charge >= 0.3 is 5.97 Å². The van der Waals surface area contributed by atoms with Gasteiger partial charge in [0.1, 0.15) is 12.3 Å². The second-order valence-corrected chi connectivity index (χ2v) is 3.26. The van der Waals surface area contributed by atoms with Crippen LogP contribution in [0.2, 0.25) is 10.3 Å². The SMILES string of the molecule is C=CC(=O)OCCNc1c(Cl)nnnc1Cl. The van der Waals surface area contributed by atoms with E-state index in [1.807, 2.05) is 0 Å². The van der Waals surface area contributed by atoms with Gasteiger partial charge in [0.15, 0.2) is 10.3 Å². The van der Waals surface area contributed by atoms with E-state index in [9.17, 15) is 4.79 Å². The molecule has 0 amide bonds. The average Bonchev–Trinajstić information content (AvgIpc) is 2.27. The van der Waals surface area contributed by atoms with Crippen LogP contribution in [0.5, 0.6) is 0 Å². The summed E-state index contributed by atoms with van der Waals surface area (Å²) in [6.45, 7) is 3.74. The van der Waals surface area contributed by atoms with Crippen LogP contribution in [0.4, 0.5) is 5.69 Å². The molecule has 0 fully saturated rings. The normalized spacial score (nSPS) is 9.62. The van der Waals surface area contributed by atoms with Crippen molar-refractivity contribution in [3.8, 4) is 0 Å². The summed E-state index contributed by atoms with van der Waals surface area (Å²) in [5.41, 5.74) is 0.355. The van der Waals surface area contributed by atoms with Crippen LogP contribution < -0.4 is 5.32 Å². The van der Waals surface area contributed by atoms with Crippen LogP contribution in [0, 0.1) is 0 Å². The minimum absolute atomic E-state index is 0.107. The monoisotopic (exact) mass is 262 g/mol. The Kier molecular flexibility index (Phi) is 4.94. The van der Waals surface area contributed by atoms with Crippen molar-refractivity contribution in [3.05, 3.63) is 23.0 Å². The predicted octanol–water partition coefficient (Wildman–Crippen LogP) is 1.32. The van der Waals surface area contributed by atoms with Gasteiger partial charge in [0, 0.05) is 12.6 Å². The van der Waals surface area contributed by atoms with E-state index in [0.29, 0.717) is 12.2 Å². The van der Waals surface area contributed by atoms with Crippen LogP contribution in [0.1, 0.15) is 0 Å². The molecule has 8 heteroatoms. The Balaban J connectivity index is 2.43. The number of nitrogens with one attached hydrogen (secondary N) is 1. The topological polar surface area (TPSA) is 77.0 Å². The molecule has 1 aromatic rings. The molecular formula is C8H8Cl2N4O2. The van der Waals surface area contributed by atoms with Crippen LogP contribution in [0.15, 0.2) is 12.7 Å². The number of halogens is 2. The van der Waals surface area contributed by atoms with Gasteiger partial charge < -0.3 is 10.1 Å². The first kappa shape index (κ1) is 12.7. The van der Waals surface area contributed by atoms with Gasteiger partial charge in [-0.25, -0.2) is 4.79 Å². The maximum atomic E-state index is 10.7. The fourth-order valence-electron chi connectivity index (χ4n) is 0.818. The number of ether oxygens (including phenoxy) is 1. The summed E-state index contributed by atoms with van der Waals surface area (Å²) in [6, 6.07) is 0. The van der Waals surface area contributed by atoms with Crippen LogP contribution in [-0.2, 0) is 9.53 Å². The van der Waals surface area contributed by atoms with Gasteiger partial charge in [0.05, 0.1) is 0 Å². The zero-order valence-corrected chi connectivity index (χ0v) is 9.62. The smallest absolute Gasteiger partial charge is 0.330 e. The lowest BCUT2D eigenvalue weighted by molar-refractivity contribution is -0.137. The van der Waals surface area contributed by atoms with E-state index < -0.39 is 5.97 Å². The van der Waals surface area contributed by atoms with Crippen molar-refractivity contribution in [2.45, 2.75) is 0 Å². The zero-order valence-electron chi connectivity index (χ0n) is 8.11. The maximum Gasteiger partial charge on any atom is 0.330 e. The number of rotatable bonds is 5. The van der Waals surface area contributed by atoms with Gasteiger partial charge in [-0.05, 0) is 5.21 Å². The molecule has 0 atom stereocenters. The third-order valence-corrected chi connectivity index (χ3v) is 2.02. The highest BCUT2D eigenvalue weighted by molar-refractivity contribution is 6.37. The molecule has 86 valence electrons. The summed E-state index contributed by atoms with van der Waals surface area (Å²) < 4.78 is 4.73. The molecule has 1 rings (SSSR count). The van der Waals surface area contributed by atoms with E-state index in [0.717, 1.165) is 6.08 Å². The molecular weight excluding hydrogens is 255 g/mol. The number of aromatic nitrogens is 3. The van der Waals surface area contributed by atoms with Crippen molar-refractivity contribution >= 4 is 34.9 Å². The quantitative estimate of drug-likeness (QED) is 0.490. The van der Waals surface area contributed by atoms with E-state index in [-0.39, 0.29) is 16.9 Å². The van der Waals surface area contributed by atoms with E-state index in [1.165, 1.54) is 0 Å². The standard InChI is InChI=1S/C8H8Cl2N4O2/c1-2-5(15)16-4-3-11-6-7(9)12-14-13-8(6)10/h2H,1,3-4H2,(H,11,14). The molecule has 0 spiro atoms. The average molecular weight is 263 g/mol. The van der Waals surface area contributed by atoms with Crippen molar-refractivity contribution in [1.82, 2.24) is 15.4 Å². The molecule has 0 aromatic carbocycles. The molecule has 1 aromatic heterocycles. The van der Waals surface area contributed by atoms with Crippen molar-refractivity contribution in [2.24, 2.45) is 0 Å².